The van der Waals surface area contributed by atoms with E-state index in [1.807, 2.05) is 32.0 Å². The van der Waals surface area contributed by atoms with Crippen LogP contribution in [0.1, 0.15) is 11.4 Å². The van der Waals surface area contributed by atoms with Crippen LogP contribution in [-0.2, 0) is 6.54 Å². The lowest BCUT2D eigenvalue weighted by atomic mass is 10.2. The van der Waals surface area contributed by atoms with Gasteiger partial charge in [0.2, 0.25) is 5.95 Å². The normalized spacial score (nSPS) is 10.8. The van der Waals surface area contributed by atoms with Crippen LogP contribution in [0.2, 0.25) is 0 Å². The second-order valence-electron chi connectivity index (χ2n) is 5.41. The third-order valence-corrected chi connectivity index (χ3v) is 3.35. The quantitative estimate of drug-likeness (QED) is 0.798. The highest BCUT2D eigenvalue weighted by Crippen LogP contribution is 2.21. The van der Waals surface area contributed by atoms with Crippen LogP contribution >= 0.6 is 0 Å². The Hall–Kier alpha value is -2.83. The first-order valence-corrected chi connectivity index (χ1v) is 7.19. The van der Waals surface area contributed by atoms with Gasteiger partial charge in [-0.1, -0.05) is 6.07 Å². The topological polar surface area (TPSA) is 66.8 Å². The summed E-state index contributed by atoms with van der Waals surface area (Å²) in [4.78, 5) is 18.9. The number of nitrogens with one attached hydrogen (secondary N) is 1. The summed E-state index contributed by atoms with van der Waals surface area (Å²) in [6, 6.07) is 6.72. The van der Waals surface area contributed by atoms with Crippen molar-refractivity contribution in [2.75, 3.05) is 24.3 Å². The van der Waals surface area contributed by atoms with E-state index in [0.29, 0.717) is 29.2 Å². The Bertz CT molecular complexity index is 849. The minimum Gasteiger partial charge on any atom is -0.364 e. The Balaban J connectivity index is 1.88. The molecule has 0 aliphatic heterocycles. The Morgan fingerprint density at radius 3 is 2.78 bits per heavy atom. The van der Waals surface area contributed by atoms with Gasteiger partial charge in [0, 0.05) is 25.2 Å². The van der Waals surface area contributed by atoms with Gasteiger partial charge in [-0.25, -0.2) is 24.3 Å². The Labute approximate surface area is 133 Å². The third kappa shape index (κ3) is 3.18. The van der Waals surface area contributed by atoms with Crippen LogP contribution in [0, 0.1) is 12.7 Å². The Kier molecular flexibility index (Phi) is 4.01. The van der Waals surface area contributed by atoms with Gasteiger partial charge in [-0.05, 0) is 25.1 Å². The van der Waals surface area contributed by atoms with Crippen LogP contribution in [0.25, 0.3) is 10.9 Å². The molecule has 2 aromatic heterocycles. The number of halogens is 1. The van der Waals surface area contributed by atoms with Gasteiger partial charge < -0.3 is 10.2 Å². The first-order valence-electron chi connectivity index (χ1n) is 7.19. The second-order valence-corrected chi connectivity index (χ2v) is 5.41. The summed E-state index contributed by atoms with van der Waals surface area (Å²) in [6.45, 7) is 2.39. The molecule has 1 N–H and O–H groups in total. The third-order valence-electron chi connectivity index (χ3n) is 3.35. The number of anilines is 2. The highest BCUT2D eigenvalue weighted by Gasteiger charge is 2.08. The van der Waals surface area contributed by atoms with E-state index in [-0.39, 0.29) is 5.82 Å². The lowest BCUT2D eigenvalue weighted by Crippen LogP contribution is -2.15. The zero-order valence-electron chi connectivity index (χ0n) is 13.2. The van der Waals surface area contributed by atoms with Crippen molar-refractivity contribution in [1.82, 2.24) is 19.9 Å². The number of aromatic nitrogens is 4. The molecule has 0 aliphatic carbocycles. The second kappa shape index (κ2) is 6.12. The number of hydrogen-bond donors (Lipinski definition) is 1. The fourth-order valence-corrected chi connectivity index (χ4v) is 2.27. The van der Waals surface area contributed by atoms with E-state index < -0.39 is 0 Å². The van der Waals surface area contributed by atoms with E-state index in [0.717, 1.165) is 11.4 Å². The summed E-state index contributed by atoms with van der Waals surface area (Å²) in [6.07, 6.45) is 1.35. The molecule has 118 valence electrons. The lowest BCUT2D eigenvalue weighted by molar-refractivity contribution is 0.636. The molecule has 0 amide bonds. The van der Waals surface area contributed by atoms with Gasteiger partial charge in [0.25, 0.3) is 0 Å². The number of benzene rings is 1. The number of fused-ring (bicyclic) bond motifs is 1. The maximum Gasteiger partial charge on any atom is 0.225 e. The van der Waals surface area contributed by atoms with Gasteiger partial charge >= 0.3 is 0 Å². The predicted molar refractivity (Wildman–Crippen MR) is 87.9 cm³/mol. The standard InChI is InChI=1S/C16H17FN6/c1-10-7-11(22-16(21-10)23(2)3)8-18-15-12-5-4-6-13(17)14(12)19-9-20-15/h4-7,9H,8H2,1-3H3,(H,18,19,20). The molecule has 2 heterocycles. The highest BCUT2D eigenvalue weighted by molar-refractivity contribution is 5.89. The van der Waals surface area contributed by atoms with Crippen molar-refractivity contribution in [1.29, 1.82) is 0 Å². The molecule has 0 fully saturated rings. The number of nitrogens with zero attached hydrogens (tertiary/aromatic N) is 5. The van der Waals surface area contributed by atoms with E-state index in [2.05, 4.69) is 25.3 Å². The van der Waals surface area contributed by atoms with Crippen molar-refractivity contribution >= 4 is 22.7 Å². The monoisotopic (exact) mass is 312 g/mol. The SMILES string of the molecule is Cc1cc(CNc2ncnc3c(F)cccc23)nc(N(C)C)n1. The first-order chi connectivity index (χ1) is 11.0. The Morgan fingerprint density at radius 2 is 2.00 bits per heavy atom. The molecule has 0 saturated heterocycles. The van der Waals surface area contributed by atoms with Crippen LogP contribution in [0.15, 0.2) is 30.6 Å². The van der Waals surface area contributed by atoms with Gasteiger partial charge in [-0.2, -0.15) is 0 Å². The first kappa shape index (κ1) is 15.1. The van der Waals surface area contributed by atoms with Crippen molar-refractivity contribution in [3.63, 3.8) is 0 Å². The molecule has 0 bridgehead atoms. The maximum absolute atomic E-state index is 13.8. The molecule has 0 atom stereocenters. The molecule has 0 spiro atoms. The van der Waals surface area contributed by atoms with Gasteiger partial charge in [0.05, 0.1) is 12.2 Å². The molecule has 0 aliphatic rings. The van der Waals surface area contributed by atoms with E-state index >= 15 is 0 Å². The van der Waals surface area contributed by atoms with Gasteiger partial charge in [-0.15, -0.1) is 0 Å². The molecule has 0 saturated carbocycles. The largest absolute Gasteiger partial charge is 0.364 e. The van der Waals surface area contributed by atoms with Crippen LogP contribution in [0.3, 0.4) is 0 Å². The summed E-state index contributed by atoms with van der Waals surface area (Å²) in [5.74, 6) is 0.873. The van der Waals surface area contributed by atoms with Crippen molar-refractivity contribution in [3.8, 4) is 0 Å². The number of rotatable bonds is 4. The van der Waals surface area contributed by atoms with Crippen LogP contribution in [-0.4, -0.2) is 34.0 Å². The summed E-state index contributed by atoms with van der Waals surface area (Å²) < 4.78 is 13.8. The van der Waals surface area contributed by atoms with Crippen LogP contribution < -0.4 is 10.2 Å². The van der Waals surface area contributed by atoms with E-state index in [1.165, 1.54) is 12.4 Å². The van der Waals surface area contributed by atoms with Crippen LogP contribution in [0.5, 0.6) is 0 Å². The summed E-state index contributed by atoms with van der Waals surface area (Å²) in [5, 5.41) is 3.84. The number of aryl methyl sites for hydroxylation is 1. The van der Waals surface area contributed by atoms with Crippen molar-refractivity contribution in [2.24, 2.45) is 0 Å². The predicted octanol–water partition coefficient (Wildman–Crippen LogP) is 2.55. The van der Waals surface area contributed by atoms with E-state index in [9.17, 15) is 4.39 Å². The summed E-state index contributed by atoms with van der Waals surface area (Å²) >= 11 is 0. The molecule has 0 unspecified atom stereocenters. The van der Waals surface area contributed by atoms with Gasteiger partial charge in [0.15, 0.2) is 0 Å². The minimum atomic E-state index is -0.360. The number of para-hydroxylation sites is 1. The molecular weight excluding hydrogens is 295 g/mol. The minimum absolute atomic E-state index is 0.304. The summed E-state index contributed by atoms with van der Waals surface area (Å²) in [7, 11) is 3.79. The van der Waals surface area contributed by atoms with Crippen molar-refractivity contribution < 1.29 is 4.39 Å². The fraction of sp³-hybridized carbons (Fsp3) is 0.250. The molecule has 1 aromatic carbocycles. The molecule has 23 heavy (non-hydrogen) atoms. The molecule has 7 heteroatoms. The lowest BCUT2D eigenvalue weighted by Gasteiger charge is -2.13. The van der Waals surface area contributed by atoms with E-state index in [4.69, 9.17) is 0 Å². The molecular formula is C16H17FN6. The smallest absolute Gasteiger partial charge is 0.225 e. The summed E-state index contributed by atoms with van der Waals surface area (Å²) in [5.41, 5.74) is 2.03. The average Bonchev–Trinajstić information content (AvgIpc) is 2.53. The average molecular weight is 312 g/mol. The van der Waals surface area contributed by atoms with Crippen LogP contribution in [0.4, 0.5) is 16.2 Å². The van der Waals surface area contributed by atoms with E-state index in [1.54, 1.807) is 12.1 Å². The maximum atomic E-state index is 13.8. The Morgan fingerprint density at radius 1 is 1.17 bits per heavy atom. The van der Waals surface area contributed by atoms with Crippen molar-refractivity contribution in [2.45, 2.75) is 13.5 Å². The zero-order chi connectivity index (χ0) is 16.4. The van der Waals surface area contributed by atoms with Crippen molar-refractivity contribution in [3.05, 3.63) is 47.8 Å². The zero-order valence-corrected chi connectivity index (χ0v) is 13.2. The molecule has 6 nitrogen and oxygen atoms in total. The number of hydrogen-bond acceptors (Lipinski definition) is 6. The highest BCUT2D eigenvalue weighted by atomic mass is 19.1. The van der Waals surface area contributed by atoms with Gasteiger partial charge in [-0.3, -0.25) is 0 Å². The van der Waals surface area contributed by atoms with Gasteiger partial charge in [0.1, 0.15) is 23.5 Å². The molecule has 3 aromatic rings. The molecule has 0 radical (unpaired) electrons. The molecule has 3 rings (SSSR count). The fourth-order valence-electron chi connectivity index (χ4n) is 2.27.